The summed E-state index contributed by atoms with van der Waals surface area (Å²) in [6.07, 6.45) is 1.89. The average Bonchev–Trinajstić information content (AvgIpc) is 2.89. The third-order valence-corrected chi connectivity index (χ3v) is 4.73. The Morgan fingerprint density at radius 2 is 2.40 bits per heavy atom. The van der Waals surface area contributed by atoms with E-state index in [-0.39, 0.29) is 17.6 Å². The number of carbonyl (C=O) groups is 1. The highest BCUT2D eigenvalue weighted by atomic mass is 32.1. The molecule has 1 aliphatic rings. The van der Waals surface area contributed by atoms with E-state index in [1.165, 1.54) is 23.5 Å². The summed E-state index contributed by atoms with van der Waals surface area (Å²) >= 11 is 1.48. The van der Waals surface area contributed by atoms with E-state index in [4.69, 9.17) is 0 Å². The predicted molar refractivity (Wildman–Crippen MR) is 78.6 cm³/mol. The van der Waals surface area contributed by atoms with Crippen LogP contribution in [0.4, 0.5) is 9.52 Å². The first kappa shape index (κ1) is 13.3. The van der Waals surface area contributed by atoms with E-state index in [9.17, 15) is 9.18 Å². The first-order chi connectivity index (χ1) is 9.67. The summed E-state index contributed by atoms with van der Waals surface area (Å²) in [6, 6.07) is 4.64. The van der Waals surface area contributed by atoms with Crippen LogP contribution in [0.15, 0.2) is 18.2 Å². The minimum atomic E-state index is -0.241. The molecule has 1 saturated heterocycles. The molecule has 106 valence electrons. The monoisotopic (exact) mass is 293 g/mol. The van der Waals surface area contributed by atoms with Gasteiger partial charge in [0.05, 0.1) is 16.1 Å². The summed E-state index contributed by atoms with van der Waals surface area (Å²) in [4.78, 5) is 18.4. The van der Waals surface area contributed by atoms with Crippen LogP contribution in [0.1, 0.15) is 12.8 Å². The standard InChI is InChI=1S/C14H16FN3OS/c1-16-13(19)9-3-2-6-18(8-9)14-17-11-5-4-10(15)7-12(11)20-14/h4-5,7,9H,2-3,6,8H2,1H3,(H,16,19). The zero-order chi connectivity index (χ0) is 14.1. The van der Waals surface area contributed by atoms with Gasteiger partial charge < -0.3 is 10.2 Å². The van der Waals surface area contributed by atoms with Gasteiger partial charge in [-0.2, -0.15) is 0 Å². The zero-order valence-electron chi connectivity index (χ0n) is 11.2. The van der Waals surface area contributed by atoms with Gasteiger partial charge in [0.25, 0.3) is 0 Å². The molecule has 0 radical (unpaired) electrons. The van der Waals surface area contributed by atoms with E-state index in [1.807, 2.05) is 0 Å². The van der Waals surface area contributed by atoms with Gasteiger partial charge in [-0.3, -0.25) is 4.79 Å². The number of carbonyl (C=O) groups excluding carboxylic acids is 1. The number of hydrogen-bond donors (Lipinski definition) is 1. The van der Waals surface area contributed by atoms with E-state index in [1.54, 1.807) is 13.1 Å². The number of nitrogens with zero attached hydrogens (tertiary/aromatic N) is 2. The van der Waals surface area contributed by atoms with Crippen molar-refractivity contribution in [2.75, 3.05) is 25.0 Å². The fourth-order valence-electron chi connectivity index (χ4n) is 2.59. The van der Waals surface area contributed by atoms with Crippen molar-refractivity contribution in [3.63, 3.8) is 0 Å². The molecule has 1 atom stereocenters. The molecule has 1 aromatic carbocycles. The molecule has 2 aromatic rings. The summed E-state index contributed by atoms with van der Waals surface area (Å²) in [5.74, 6) is -0.145. The van der Waals surface area contributed by atoms with Crippen LogP contribution in [-0.4, -0.2) is 31.0 Å². The van der Waals surface area contributed by atoms with Gasteiger partial charge in [-0.15, -0.1) is 0 Å². The van der Waals surface area contributed by atoms with Gasteiger partial charge in [-0.1, -0.05) is 11.3 Å². The Morgan fingerprint density at radius 3 is 3.20 bits per heavy atom. The highest BCUT2D eigenvalue weighted by molar-refractivity contribution is 7.22. The number of benzene rings is 1. The number of hydrogen-bond acceptors (Lipinski definition) is 4. The smallest absolute Gasteiger partial charge is 0.224 e. The molecule has 0 saturated carbocycles. The maximum atomic E-state index is 13.2. The Hall–Kier alpha value is -1.69. The summed E-state index contributed by atoms with van der Waals surface area (Å²) < 4.78 is 14.1. The second-order valence-corrected chi connectivity index (χ2v) is 6.02. The first-order valence-corrected chi connectivity index (χ1v) is 7.51. The molecule has 0 aliphatic carbocycles. The van der Waals surface area contributed by atoms with Gasteiger partial charge in [0, 0.05) is 20.1 Å². The average molecular weight is 293 g/mol. The van der Waals surface area contributed by atoms with E-state index >= 15 is 0 Å². The second-order valence-electron chi connectivity index (χ2n) is 5.01. The summed E-state index contributed by atoms with van der Waals surface area (Å²) in [6.45, 7) is 1.58. The number of nitrogens with one attached hydrogen (secondary N) is 1. The first-order valence-electron chi connectivity index (χ1n) is 6.70. The van der Waals surface area contributed by atoms with Gasteiger partial charge in [-0.25, -0.2) is 9.37 Å². The number of rotatable bonds is 2. The van der Waals surface area contributed by atoms with Crippen LogP contribution in [0.2, 0.25) is 0 Å². The number of halogens is 1. The molecule has 20 heavy (non-hydrogen) atoms. The van der Waals surface area contributed by atoms with Gasteiger partial charge in [-0.05, 0) is 31.0 Å². The fourth-order valence-corrected chi connectivity index (χ4v) is 3.62. The SMILES string of the molecule is CNC(=O)C1CCCN(c2nc3ccc(F)cc3s2)C1. The Labute approximate surface area is 120 Å². The van der Waals surface area contributed by atoms with Gasteiger partial charge in [0.1, 0.15) is 5.82 Å². The van der Waals surface area contributed by atoms with E-state index in [0.717, 1.165) is 34.7 Å². The Kier molecular flexibility index (Phi) is 3.56. The van der Waals surface area contributed by atoms with Crippen LogP contribution in [-0.2, 0) is 4.79 Å². The third-order valence-electron chi connectivity index (χ3n) is 3.65. The van der Waals surface area contributed by atoms with Crippen LogP contribution in [0.5, 0.6) is 0 Å². The number of amides is 1. The van der Waals surface area contributed by atoms with E-state index in [0.29, 0.717) is 6.54 Å². The lowest BCUT2D eigenvalue weighted by atomic mass is 9.98. The zero-order valence-corrected chi connectivity index (χ0v) is 12.0. The van der Waals surface area contributed by atoms with Crippen LogP contribution in [0, 0.1) is 11.7 Å². The van der Waals surface area contributed by atoms with E-state index in [2.05, 4.69) is 15.2 Å². The topological polar surface area (TPSA) is 45.2 Å². The number of piperidine rings is 1. The lowest BCUT2D eigenvalue weighted by Crippen LogP contribution is -2.42. The second kappa shape index (κ2) is 5.36. The quantitative estimate of drug-likeness (QED) is 0.925. The van der Waals surface area contributed by atoms with Crippen LogP contribution >= 0.6 is 11.3 Å². The number of aromatic nitrogens is 1. The molecule has 1 N–H and O–H groups in total. The molecule has 1 fully saturated rings. The fraction of sp³-hybridized carbons (Fsp3) is 0.429. The predicted octanol–water partition coefficient (Wildman–Crippen LogP) is 2.40. The van der Waals surface area contributed by atoms with Crippen molar-refractivity contribution in [3.05, 3.63) is 24.0 Å². The van der Waals surface area contributed by atoms with Crippen LogP contribution in [0.3, 0.4) is 0 Å². The molecular formula is C14H16FN3OS. The largest absolute Gasteiger partial charge is 0.359 e. The molecule has 3 rings (SSSR count). The van der Waals surface area contributed by atoms with Crippen LogP contribution in [0.25, 0.3) is 10.2 Å². The lowest BCUT2D eigenvalue weighted by molar-refractivity contribution is -0.124. The van der Waals surface area contributed by atoms with Crippen molar-refractivity contribution in [2.24, 2.45) is 5.92 Å². The number of anilines is 1. The van der Waals surface area contributed by atoms with Gasteiger partial charge >= 0.3 is 0 Å². The summed E-state index contributed by atoms with van der Waals surface area (Å²) in [5, 5.41) is 3.58. The molecule has 0 bridgehead atoms. The van der Waals surface area contributed by atoms with Crippen molar-refractivity contribution in [2.45, 2.75) is 12.8 Å². The normalized spacial score (nSPS) is 19.3. The van der Waals surface area contributed by atoms with Gasteiger partial charge in [0.2, 0.25) is 5.91 Å². The molecule has 1 aliphatic heterocycles. The van der Waals surface area contributed by atoms with Crippen molar-refractivity contribution in [3.8, 4) is 0 Å². The molecule has 4 nitrogen and oxygen atoms in total. The minimum Gasteiger partial charge on any atom is -0.359 e. The Balaban J connectivity index is 1.84. The van der Waals surface area contributed by atoms with Gasteiger partial charge in [0.15, 0.2) is 5.13 Å². The minimum absolute atomic E-state index is 0.0116. The van der Waals surface area contributed by atoms with Crippen LogP contribution < -0.4 is 10.2 Å². The molecule has 6 heteroatoms. The number of thiazole rings is 1. The molecule has 1 unspecified atom stereocenters. The maximum absolute atomic E-state index is 13.2. The van der Waals surface area contributed by atoms with Crippen molar-refractivity contribution < 1.29 is 9.18 Å². The van der Waals surface area contributed by atoms with Crippen molar-refractivity contribution in [1.82, 2.24) is 10.3 Å². The molecule has 2 heterocycles. The highest BCUT2D eigenvalue weighted by Crippen LogP contribution is 2.31. The van der Waals surface area contributed by atoms with E-state index < -0.39 is 0 Å². The van der Waals surface area contributed by atoms with Crippen molar-refractivity contribution >= 4 is 32.6 Å². The molecule has 1 amide bonds. The number of fused-ring (bicyclic) bond motifs is 1. The highest BCUT2D eigenvalue weighted by Gasteiger charge is 2.26. The molecule has 0 spiro atoms. The maximum Gasteiger partial charge on any atom is 0.224 e. The Morgan fingerprint density at radius 1 is 1.55 bits per heavy atom. The summed E-state index contributed by atoms with van der Waals surface area (Å²) in [7, 11) is 1.67. The van der Waals surface area contributed by atoms with Crippen molar-refractivity contribution in [1.29, 1.82) is 0 Å². The molecule has 1 aromatic heterocycles. The molecular weight excluding hydrogens is 277 g/mol. The Bertz CT molecular complexity index is 642. The lowest BCUT2D eigenvalue weighted by Gasteiger charge is -2.31. The summed E-state index contributed by atoms with van der Waals surface area (Å²) in [5.41, 5.74) is 0.813. The third kappa shape index (κ3) is 2.47.